The maximum Gasteiger partial charge on any atom is 0.251 e. The van der Waals surface area contributed by atoms with Crippen LogP contribution in [0.5, 0.6) is 0 Å². The number of para-hydroxylation sites is 1. The van der Waals surface area contributed by atoms with E-state index in [1.165, 1.54) is 11.3 Å². The molecule has 0 radical (unpaired) electrons. The lowest BCUT2D eigenvalue weighted by molar-refractivity contribution is -0.116. The van der Waals surface area contributed by atoms with E-state index in [0.29, 0.717) is 23.5 Å². The van der Waals surface area contributed by atoms with Gasteiger partial charge in [0.2, 0.25) is 5.91 Å². The SMILES string of the molecule is Cc1cc(C(N)=O)c(NC(=O)CCn2ccc3ccccc32)s1. The van der Waals surface area contributed by atoms with E-state index in [2.05, 4.69) is 5.32 Å². The van der Waals surface area contributed by atoms with Gasteiger partial charge in [-0.15, -0.1) is 11.3 Å². The van der Waals surface area contributed by atoms with Crippen LogP contribution in [0.3, 0.4) is 0 Å². The molecule has 0 saturated heterocycles. The van der Waals surface area contributed by atoms with Crippen LogP contribution in [0, 0.1) is 6.92 Å². The number of nitrogens with two attached hydrogens (primary N) is 1. The van der Waals surface area contributed by atoms with Gasteiger partial charge >= 0.3 is 0 Å². The number of hydrogen-bond acceptors (Lipinski definition) is 3. The van der Waals surface area contributed by atoms with E-state index >= 15 is 0 Å². The number of rotatable bonds is 5. The van der Waals surface area contributed by atoms with Crippen molar-refractivity contribution < 1.29 is 9.59 Å². The fourth-order valence-electron chi connectivity index (χ4n) is 2.54. The number of aryl methyl sites for hydroxylation is 2. The molecule has 5 nitrogen and oxygen atoms in total. The van der Waals surface area contributed by atoms with E-state index in [9.17, 15) is 9.59 Å². The van der Waals surface area contributed by atoms with Gasteiger partial charge in [0.25, 0.3) is 5.91 Å². The van der Waals surface area contributed by atoms with Gasteiger partial charge in [0.05, 0.1) is 5.56 Å². The van der Waals surface area contributed by atoms with Gasteiger partial charge in [-0.2, -0.15) is 0 Å². The molecular formula is C17H17N3O2S. The van der Waals surface area contributed by atoms with Crippen LogP contribution in [0.4, 0.5) is 5.00 Å². The largest absolute Gasteiger partial charge is 0.366 e. The Kier molecular flexibility index (Phi) is 4.16. The molecule has 23 heavy (non-hydrogen) atoms. The lowest BCUT2D eigenvalue weighted by Gasteiger charge is -2.07. The summed E-state index contributed by atoms with van der Waals surface area (Å²) in [5, 5.41) is 4.46. The molecule has 3 N–H and O–H groups in total. The summed E-state index contributed by atoms with van der Waals surface area (Å²) in [7, 11) is 0. The fourth-order valence-corrected chi connectivity index (χ4v) is 3.47. The standard InChI is InChI=1S/C17H17N3O2S/c1-11-10-13(16(18)22)17(23-11)19-15(21)7-9-20-8-6-12-4-2-3-5-14(12)20/h2-6,8,10H,7,9H2,1H3,(H2,18,22)(H,19,21). The summed E-state index contributed by atoms with van der Waals surface area (Å²) in [6.45, 7) is 2.45. The molecular weight excluding hydrogens is 310 g/mol. The summed E-state index contributed by atoms with van der Waals surface area (Å²) in [5.74, 6) is -0.659. The van der Waals surface area contributed by atoms with E-state index in [1.807, 2.05) is 48.0 Å². The first kappa shape index (κ1) is 15.3. The molecule has 2 amide bonds. The summed E-state index contributed by atoms with van der Waals surface area (Å²) < 4.78 is 2.05. The minimum atomic E-state index is -0.527. The van der Waals surface area contributed by atoms with Crippen molar-refractivity contribution in [3.05, 3.63) is 53.0 Å². The van der Waals surface area contributed by atoms with E-state index in [0.717, 1.165) is 15.8 Å². The van der Waals surface area contributed by atoms with Crippen molar-refractivity contribution in [2.24, 2.45) is 5.73 Å². The van der Waals surface area contributed by atoms with Gasteiger partial charge in [0.1, 0.15) is 5.00 Å². The molecule has 2 heterocycles. The van der Waals surface area contributed by atoms with Crippen LogP contribution in [0.25, 0.3) is 10.9 Å². The van der Waals surface area contributed by atoms with Crippen LogP contribution in [-0.2, 0) is 11.3 Å². The summed E-state index contributed by atoms with van der Waals surface area (Å²) in [6.07, 6.45) is 2.30. The summed E-state index contributed by atoms with van der Waals surface area (Å²) in [5.41, 5.74) is 6.80. The number of nitrogens with one attached hydrogen (secondary N) is 1. The quantitative estimate of drug-likeness (QED) is 0.755. The van der Waals surface area contributed by atoms with Crippen molar-refractivity contribution in [1.29, 1.82) is 0 Å². The highest BCUT2D eigenvalue weighted by molar-refractivity contribution is 7.16. The second-order valence-electron chi connectivity index (χ2n) is 5.33. The number of carbonyl (C=O) groups is 2. The molecule has 118 valence electrons. The fraction of sp³-hybridized carbons (Fsp3) is 0.176. The van der Waals surface area contributed by atoms with Gasteiger partial charge in [-0.25, -0.2) is 0 Å². The molecule has 1 aromatic carbocycles. The predicted octanol–water partition coefficient (Wildman–Crippen LogP) is 3.14. The number of nitrogens with zero attached hydrogens (tertiary/aromatic N) is 1. The van der Waals surface area contributed by atoms with E-state index in [-0.39, 0.29) is 5.91 Å². The molecule has 0 fully saturated rings. The molecule has 0 bridgehead atoms. The lowest BCUT2D eigenvalue weighted by atomic mass is 10.2. The Balaban J connectivity index is 1.67. The number of hydrogen-bond donors (Lipinski definition) is 2. The van der Waals surface area contributed by atoms with Crippen molar-refractivity contribution in [2.75, 3.05) is 5.32 Å². The first-order chi connectivity index (χ1) is 11.0. The molecule has 2 aromatic heterocycles. The lowest BCUT2D eigenvalue weighted by Crippen LogP contribution is -2.17. The third-order valence-corrected chi connectivity index (χ3v) is 4.60. The monoisotopic (exact) mass is 327 g/mol. The molecule has 0 aliphatic heterocycles. The Labute approximate surface area is 137 Å². The minimum Gasteiger partial charge on any atom is -0.366 e. The van der Waals surface area contributed by atoms with Crippen molar-refractivity contribution in [3.8, 4) is 0 Å². The summed E-state index contributed by atoms with van der Waals surface area (Å²) in [4.78, 5) is 24.5. The van der Waals surface area contributed by atoms with E-state index in [4.69, 9.17) is 5.73 Å². The maximum absolute atomic E-state index is 12.2. The maximum atomic E-state index is 12.2. The number of benzene rings is 1. The average molecular weight is 327 g/mol. The van der Waals surface area contributed by atoms with E-state index in [1.54, 1.807) is 6.07 Å². The van der Waals surface area contributed by atoms with Crippen LogP contribution < -0.4 is 11.1 Å². The third-order valence-electron chi connectivity index (χ3n) is 3.63. The second kappa shape index (κ2) is 6.26. The Morgan fingerprint density at radius 1 is 1.26 bits per heavy atom. The number of amides is 2. The Bertz CT molecular complexity index is 879. The Morgan fingerprint density at radius 2 is 2.04 bits per heavy atom. The molecule has 0 aliphatic carbocycles. The highest BCUT2D eigenvalue weighted by Gasteiger charge is 2.14. The summed E-state index contributed by atoms with van der Waals surface area (Å²) in [6, 6.07) is 11.8. The number of carbonyl (C=O) groups excluding carboxylic acids is 2. The average Bonchev–Trinajstić information content (AvgIpc) is 3.09. The topological polar surface area (TPSA) is 77.1 Å². The predicted molar refractivity (Wildman–Crippen MR) is 92.8 cm³/mol. The van der Waals surface area contributed by atoms with Gasteiger partial charge in [-0.3, -0.25) is 9.59 Å². The van der Waals surface area contributed by atoms with Crippen molar-refractivity contribution in [1.82, 2.24) is 4.57 Å². The van der Waals surface area contributed by atoms with Gasteiger partial charge in [-0.1, -0.05) is 18.2 Å². The minimum absolute atomic E-state index is 0.132. The Hall–Kier alpha value is -2.60. The van der Waals surface area contributed by atoms with Crippen LogP contribution in [0.15, 0.2) is 42.6 Å². The normalized spacial score (nSPS) is 10.8. The molecule has 0 saturated carbocycles. The van der Waals surface area contributed by atoms with Crippen molar-refractivity contribution >= 4 is 39.1 Å². The van der Waals surface area contributed by atoms with Crippen molar-refractivity contribution in [2.45, 2.75) is 19.9 Å². The number of thiophene rings is 1. The first-order valence-corrected chi connectivity index (χ1v) is 8.10. The van der Waals surface area contributed by atoms with Gasteiger partial charge in [0, 0.05) is 29.6 Å². The smallest absolute Gasteiger partial charge is 0.251 e. The third kappa shape index (κ3) is 3.27. The molecule has 0 unspecified atom stereocenters. The number of fused-ring (bicyclic) bond motifs is 1. The molecule has 3 aromatic rings. The molecule has 0 spiro atoms. The Morgan fingerprint density at radius 3 is 2.83 bits per heavy atom. The van der Waals surface area contributed by atoms with Crippen LogP contribution >= 0.6 is 11.3 Å². The van der Waals surface area contributed by atoms with Crippen LogP contribution in [0.2, 0.25) is 0 Å². The van der Waals surface area contributed by atoms with Crippen LogP contribution in [0.1, 0.15) is 21.7 Å². The number of aromatic nitrogens is 1. The molecule has 3 rings (SSSR count). The number of primary amides is 1. The molecule has 0 atom stereocenters. The van der Waals surface area contributed by atoms with E-state index < -0.39 is 5.91 Å². The van der Waals surface area contributed by atoms with Gasteiger partial charge in [-0.05, 0) is 30.5 Å². The zero-order valence-electron chi connectivity index (χ0n) is 12.7. The van der Waals surface area contributed by atoms with Crippen molar-refractivity contribution in [3.63, 3.8) is 0 Å². The molecule has 0 aliphatic rings. The van der Waals surface area contributed by atoms with Gasteiger partial charge < -0.3 is 15.6 Å². The van der Waals surface area contributed by atoms with Gasteiger partial charge in [0.15, 0.2) is 0 Å². The highest BCUT2D eigenvalue weighted by atomic mass is 32.1. The number of anilines is 1. The zero-order valence-corrected chi connectivity index (χ0v) is 13.5. The zero-order chi connectivity index (χ0) is 16.4. The first-order valence-electron chi connectivity index (χ1n) is 7.28. The summed E-state index contributed by atoms with van der Waals surface area (Å²) >= 11 is 1.36. The van der Waals surface area contributed by atoms with Crippen LogP contribution in [-0.4, -0.2) is 16.4 Å². The second-order valence-corrected chi connectivity index (χ2v) is 6.59. The molecule has 6 heteroatoms. The highest BCUT2D eigenvalue weighted by Crippen LogP contribution is 2.27.